The van der Waals surface area contributed by atoms with E-state index >= 15 is 0 Å². The zero-order chi connectivity index (χ0) is 18.0. The van der Waals surface area contributed by atoms with Gasteiger partial charge in [-0.3, -0.25) is 9.78 Å². The summed E-state index contributed by atoms with van der Waals surface area (Å²) < 4.78 is 0. The Kier molecular flexibility index (Phi) is 5.33. The summed E-state index contributed by atoms with van der Waals surface area (Å²) in [5.41, 5.74) is 1.36. The maximum absolute atomic E-state index is 11.9. The quantitative estimate of drug-likeness (QED) is 0.630. The van der Waals surface area contributed by atoms with Crippen molar-refractivity contribution in [1.29, 1.82) is 0 Å². The molecular weight excluding hydrogens is 383 g/mol. The first-order chi connectivity index (χ1) is 12.0. The molecule has 0 aliphatic carbocycles. The molecule has 25 heavy (non-hydrogen) atoms. The summed E-state index contributed by atoms with van der Waals surface area (Å²) in [6.45, 7) is 0. The Balaban J connectivity index is 2.23. The van der Waals surface area contributed by atoms with Gasteiger partial charge in [0, 0.05) is 22.2 Å². The summed E-state index contributed by atoms with van der Waals surface area (Å²) >= 11 is 18.3. The third-order valence-electron chi connectivity index (χ3n) is 3.80. The van der Waals surface area contributed by atoms with Crippen LogP contribution in [-0.4, -0.2) is 21.9 Å². The maximum atomic E-state index is 11.9. The first-order valence-electron chi connectivity index (χ1n) is 7.38. The normalized spacial score (nSPS) is 12.1. The van der Waals surface area contributed by atoms with Crippen molar-refractivity contribution in [2.75, 3.05) is 5.88 Å². The zero-order valence-electron chi connectivity index (χ0n) is 12.8. The first-order valence-corrected chi connectivity index (χ1v) is 8.67. The molecule has 0 bridgehead atoms. The van der Waals surface area contributed by atoms with E-state index in [1.165, 1.54) is 0 Å². The van der Waals surface area contributed by atoms with Gasteiger partial charge < -0.3 is 10.4 Å². The number of halogens is 3. The fourth-order valence-corrected chi connectivity index (χ4v) is 3.25. The van der Waals surface area contributed by atoms with E-state index in [0.29, 0.717) is 32.1 Å². The third kappa shape index (κ3) is 3.52. The Morgan fingerprint density at radius 1 is 1.12 bits per heavy atom. The number of nitrogens with one attached hydrogen (secondary N) is 1. The second kappa shape index (κ2) is 7.48. The number of hydrogen-bond donors (Lipinski definition) is 2. The minimum absolute atomic E-state index is 0.0696. The van der Waals surface area contributed by atoms with Crippen LogP contribution < -0.4 is 5.32 Å². The van der Waals surface area contributed by atoms with Crippen LogP contribution in [0.25, 0.3) is 10.9 Å². The number of pyridine rings is 1. The Bertz CT molecular complexity index is 947. The number of aromatic nitrogens is 1. The predicted octanol–water partition coefficient (Wildman–Crippen LogP) is 4.69. The van der Waals surface area contributed by atoms with E-state index in [2.05, 4.69) is 10.3 Å². The van der Waals surface area contributed by atoms with Crippen LogP contribution in [0.2, 0.25) is 10.0 Å². The smallest absolute Gasteiger partial charge is 0.235 e. The van der Waals surface area contributed by atoms with Crippen LogP contribution >= 0.6 is 34.8 Å². The Morgan fingerprint density at radius 3 is 2.60 bits per heavy atom. The van der Waals surface area contributed by atoms with Crippen molar-refractivity contribution >= 4 is 51.6 Å². The molecule has 1 heterocycles. The van der Waals surface area contributed by atoms with Crippen molar-refractivity contribution in [3.63, 3.8) is 0 Å². The summed E-state index contributed by atoms with van der Waals surface area (Å²) in [6.07, 6.45) is 1.56. The highest BCUT2D eigenvalue weighted by molar-refractivity contribution is 6.35. The number of amides is 1. The average molecular weight is 396 g/mol. The van der Waals surface area contributed by atoms with Gasteiger partial charge in [-0.25, -0.2) is 0 Å². The molecule has 3 rings (SSSR count). The molecule has 0 fully saturated rings. The van der Waals surface area contributed by atoms with Gasteiger partial charge in [0.2, 0.25) is 5.91 Å². The number of carbonyl (C=O) groups is 1. The lowest BCUT2D eigenvalue weighted by Crippen LogP contribution is -2.30. The molecule has 0 spiro atoms. The molecule has 7 heteroatoms. The lowest BCUT2D eigenvalue weighted by Gasteiger charge is -2.22. The van der Waals surface area contributed by atoms with Crippen molar-refractivity contribution in [3.8, 4) is 5.75 Å². The van der Waals surface area contributed by atoms with Gasteiger partial charge in [0.05, 0.1) is 11.1 Å². The fourth-order valence-electron chi connectivity index (χ4n) is 2.66. The Labute approximate surface area is 159 Å². The molecular formula is C18H13Cl3N2O2. The summed E-state index contributed by atoms with van der Waals surface area (Å²) in [7, 11) is 0. The van der Waals surface area contributed by atoms with Gasteiger partial charge in [0.25, 0.3) is 0 Å². The molecule has 2 N–H and O–H groups in total. The number of alkyl halides is 1. The van der Waals surface area contributed by atoms with Gasteiger partial charge in [0.1, 0.15) is 17.1 Å². The monoisotopic (exact) mass is 394 g/mol. The second-order valence-electron chi connectivity index (χ2n) is 5.35. The highest BCUT2D eigenvalue weighted by atomic mass is 35.5. The van der Waals surface area contributed by atoms with E-state index in [9.17, 15) is 9.90 Å². The van der Waals surface area contributed by atoms with Crippen LogP contribution in [0.5, 0.6) is 5.75 Å². The van der Waals surface area contributed by atoms with Crippen LogP contribution in [0.1, 0.15) is 17.2 Å². The Morgan fingerprint density at radius 2 is 1.88 bits per heavy atom. The zero-order valence-corrected chi connectivity index (χ0v) is 15.1. The first kappa shape index (κ1) is 17.8. The van der Waals surface area contributed by atoms with Crippen LogP contribution in [0.4, 0.5) is 0 Å². The lowest BCUT2D eigenvalue weighted by molar-refractivity contribution is -0.119. The average Bonchev–Trinajstić information content (AvgIpc) is 2.63. The van der Waals surface area contributed by atoms with Gasteiger partial charge in [-0.15, -0.1) is 11.6 Å². The molecule has 128 valence electrons. The standard InChI is InChI=1S/C18H13Cl3N2O2/c19-9-15(24)23-16(10-4-1-2-6-13(10)20)12-8-14(21)11-5-3-7-22-17(11)18(12)25/h1-8,16,25H,9H2,(H,23,24). The van der Waals surface area contributed by atoms with E-state index in [4.69, 9.17) is 34.8 Å². The largest absolute Gasteiger partial charge is 0.505 e. The van der Waals surface area contributed by atoms with Crippen LogP contribution in [-0.2, 0) is 4.79 Å². The van der Waals surface area contributed by atoms with E-state index in [1.807, 2.05) is 0 Å². The van der Waals surface area contributed by atoms with Gasteiger partial charge >= 0.3 is 0 Å². The molecule has 1 unspecified atom stereocenters. The van der Waals surface area contributed by atoms with Crippen molar-refractivity contribution in [3.05, 3.63) is 69.8 Å². The van der Waals surface area contributed by atoms with Gasteiger partial charge in [-0.1, -0.05) is 41.4 Å². The van der Waals surface area contributed by atoms with Crippen molar-refractivity contribution in [1.82, 2.24) is 10.3 Å². The van der Waals surface area contributed by atoms with Crippen molar-refractivity contribution in [2.24, 2.45) is 0 Å². The minimum Gasteiger partial charge on any atom is -0.505 e. The van der Waals surface area contributed by atoms with E-state index in [0.717, 1.165) is 0 Å². The molecule has 0 aliphatic rings. The number of benzene rings is 2. The molecule has 1 amide bonds. The molecule has 1 aromatic heterocycles. The summed E-state index contributed by atoms with van der Waals surface area (Å²) in [6, 6.07) is 11.4. The van der Waals surface area contributed by atoms with Crippen molar-refractivity contribution < 1.29 is 9.90 Å². The van der Waals surface area contributed by atoms with Crippen molar-refractivity contribution in [2.45, 2.75) is 6.04 Å². The molecule has 1 atom stereocenters. The van der Waals surface area contributed by atoms with Crippen LogP contribution in [0.15, 0.2) is 48.7 Å². The number of phenols is 1. The van der Waals surface area contributed by atoms with Gasteiger partial charge in [-0.05, 0) is 29.8 Å². The van der Waals surface area contributed by atoms with Crippen LogP contribution in [0.3, 0.4) is 0 Å². The highest BCUT2D eigenvalue weighted by Crippen LogP contribution is 2.39. The third-order valence-corrected chi connectivity index (χ3v) is 4.70. The molecule has 0 radical (unpaired) electrons. The predicted molar refractivity (Wildman–Crippen MR) is 101 cm³/mol. The number of fused-ring (bicyclic) bond motifs is 1. The van der Waals surface area contributed by atoms with Gasteiger partial charge in [0.15, 0.2) is 0 Å². The highest BCUT2D eigenvalue weighted by Gasteiger charge is 2.24. The minimum atomic E-state index is -0.719. The van der Waals surface area contributed by atoms with E-state index in [1.54, 1.807) is 48.7 Å². The SMILES string of the molecule is O=C(CCl)NC(c1ccccc1Cl)c1cc(Cl)c2cccnc2c1O. The number of hydrogen-bond acceptors (Lipinski definition) is 3. The molecule has 0 aliphatic heterocycles. The number of carbonyl (C=O) groups excluding carboxylic acids is 1. The second-order valence-corrected chi connectivity index (χ2v) is 6.43. The Hall–Kier alpha value is -2.01. The molecule has 2 aromatic carbocycles. The van der Waals surface area contributed by atoms with Crippen LogP contribution in [0, 0.1) is 0 Å². The summed E-state index contributed by atoms with van der Waals surface area (Å²) in [5.74, 6) is -0.690. The molecule has 0 saturated heterocycles. The summed E-state index contributed by atoms with van der Waals surface area (Å²) in [5, 5.41) is 15.0. The number of phenolic OH excluding ortho intramolecular Hbond substituents is 1. The molecule has 4 nitrogen and oxygen atoms in total. The topological polar surface area (TPSA) is 62.2 Å². The number of aromatic hydroxyl groups is 1. The molecule has 0 saturated carbocycles. The van der Waals surface area contributed by atoms with Gasteiger partial charge in [-0.2, -0.15) is 0 Å². The fraction of sp³-hybridized carbons (Fsp3) is 0.111. The number of nitrogens with zero attached hydrogens (tertiary/aromatic N) is 1. The lowest BCUT2D eigenvalue weighted by atomic mass is 9.96. The maximum Gasteiger partial charge on any atom is 0.235 e. The molecule has 3 aromatic rings. The van der Waals surface area contributed by atoms with E-state index < -0.39 is 11.9 Å². The summed E-state index contributed by atoms with van der Waals surface area (Å²) in [4.78, 5) is 16.1. The number of rotatable bonds is 4. The van der Waals surface area contributed by atoms with E-state index in [-0.39, 0.29) is 11.6 Å².